The summed E-state index contributed by atoms with van der Waals surface area (Å²) >= 11 is 0. The fraction of sp³-hybridized carbons (Fsp3) is 0.304. The summed E-state index contributed by atoms with van der Waals surface area (Å²) in [6.45, 7) is 7.33. The molecule has 3 aromatic rings. The summed E-state index contributed by atoms with van der Waals surface area (Å²) in [5.41, 5.74) is 0.769. The van der Waals surface area contributed by atoms with Gasteiger partial charge in [0.2, 0.25) is 0 Å². The summed E-state index contributed by atoms with van der Waals surface area (Å²) < 4.78 is 11.8. The maximum atomic E-state index is 13.0. The van der Waals surface area contributed by atoms with E-state index in [9.17, 15) is 9.59 Å². The number of hydrogen-bond donors (Lipinski definition) is 0. The van der Waals surface area contributed by atoms with Crippen LogP contribution in [0.4, 0.5) is 0 Å². The van der Waals surface area contributed by atoms with Gasteiger partial charge in [-0.1, -0.05) is 42.5 Å². The minimum absolute atomic E-state index is 0.00174. The number of benzene rings is 2. The molecule has 27 heavy (non-hydrogen) atoms. The highest BCUT2D eigenvalue weighted by molar-refractivity contribution is 5.85. The number of para-hydroxylation sites is 1. The van der Waals surface area contributed by atoms with Gasteiger partial charge in [0.25, 0.3) is 0 Å². The lowest BCUT2D eigenvalue weighted by atomic mass is 9.87. The molecule has 2 aromatic carbocycles. The molecule has 140 valence electrons. The lowest BCUT2D eigenvalue weighted by molar-refractivity contribution is -0.117. The molecule has 1 atom stereocenters. The van der Waals surface area contributed by atoms with Crippen molar-refractivity contribution in [3.8, 4) is 5.75 Å². The standard InChI is InChI=1S/C23H24O4/c1-15(24)14-18(16-10-6-5-7-11-16)20-21(27-23(2,3)4)17-12-8-9-13-19(17)26-22(20)25/h5-13,18H,14H2,1-4H3. The number of ether oxygens (including phenoxy) is 1. The first-order valence-corrected chi connectivity index (χ1v) is 9.05. The molecular weight excluding hydrogens is 340 g/mol. The summed E-state index contributed by atoms with van der Waals surface area (Å²) in [4.78, 5) is 25.0. The number of fused-ring (bicyclic) bond motifs is 1. The first-order chi connectivity index (χ1) is 12.8. The van der Waals surface area contributed by atoms with Gasteiger partial charge in [-0.2, -0.15) is 0 Å². The van der Waals surface area contributed by atoms with Crippen LogP contribution < -0.4 is 10.4 Å². The second kappa shape index (κ2) is 7.39. The van der Waals surface area contributed by atoms with Crippen LogP contribution in [0, 0.1) is 0 Å². The summed E-state index contributed by atoms with van der Waals surface area (Å²) in [6, 6.07) is 16.9. The summed E-state index contributed by atoms with van der Waals surface area (Å²) in [6.07, 6.45) is 0.202. The normalized spacial score (nSPS) is 12.7. The summed E-state index contributed by atoms with van der Waals surface area (Å²) in [5.74, 6) is 0.0597. The molecule has 4 nitrogen and oxygen atoms in total. The number of ketones is 1. The predicted octanol–water partition coefficient (Wildman–Crippen LogP) is 5.08. The van der Waals surface area contributed by atoms with Crippen LogP contribution in [0.25, 0.3) is 11.0 Å². The molecule has 0 fully saturated rings. The number of hydrogen-bond acceptors (Lipinski definition) is 4. The average molecular weight is 364 g/mol. The Kier molecular flexibility index (Phi) is 5.17. The Morgan fingerprint density at radius 1 is 1.04 bits per heavy atom. The first kappa shape index (κ1) is 18.9. The molecular formula is C23H24O4. The van der Waals surface area contributed by atoms with E-state index in [1.165, 1.54) is 6.92 Å². The van der Waals surface area contributed by atoms with Gasteiger partial charge in [0.05, 0.1) is 10.9 Å². The molecule has 0 aliphatic carbocycles. The van der Waals surface area contributed by atoms with Gasteiger partial charge in [0.1, 0.15) is 22.7 Å². The Bertz CT molecular complexity index is 1010. The third-order valence-electron chi connectivity index (χ3n) is 4.25. The molecule has 0 bridgehead atoms. The van der Waals surface area contributed by atoms with Crippen LogP contribution in [-0.4, -0.2) is 11.4 Å². The minimum atomic E-state index is -0.511. The van der Waals surface area contributed by atoms with Gasteiger partial charge in [0, 0.05) is 12.3 Å². The van der Waals surface area contributed by atoms with Crippen molar-refractivity contribution < 1.29 is 13.9 Å². The quantitative estimate of drug-likeness (QED) is 0.592. The lowest BCUT2D eigenvalue weighted by Gasteiger charge is -2.26. The molecule has 0 N–H and O–H groups in total. The molecule has 0 saturated heterocycles. The van der Waals surface area contributed by atoms with Crippen molar-refractivity contribution in [2.24, 2.45) is 0 Å². The van der Waals surface area contributed by atoms with E-state index in [-0.39, 0.29) is 12.2 Å². The van der Waals surface area contributed by atoms with E-state index in [4.69, 9.17) is 9.15 Å². The van der Waals surface area contributed by atoms with Crippen molar-refractivity contribution in [2.75, 3.05) is 0 Å². The van der Waals surface area contributed by atoms with Gasteiger partial charge in [-0.05, 0) is 45.4 Å². The Morgan fingerprint density at radius 2 is 1.67 bits per heavy atom. The van der Waals surface area contributed by atoms with E-state index in [0.717, 1.165) is 10.9 Å². The highest BCUT2D eigenvalue weighted by Crippen LogP contribution is 2.38. The zero-order chi connectivity index (χ0) is 19.6. The Morgan fingerprint density at radius 3 is 2.30 bits per heavy atom. The molecule has 0 saturated carbocycles. The molecule has 1 unspecified atom stereocenters. The van der Waals surface area contributed by atoms with E-state index < -0.39 is 17.1 Å². The lowest BCUT2D eigenvalue weighted by Crippen LogP contribution is -2.27. The second-order valence-corrected chi connectivity index (χ2v) is 7.71. The van der Waals surface area contributed by atoms with Crippen molar-refractivity contribution in [1.29, 1.82) is 0 Å². The Hall–Kier alpha value is -2.88. The monoisotopic (exact) mass is 364 g/mol. The highest BCUT2D eigenvalue weighted by atomic mass is 16.5. The minimum Gasteiger partial charge on any atom is -0.487 e. The molecule has 4 heteroatoms. The van der Waals surface area contributed by atoms with Gasteiger partial charge >= 0.3 is 5.63 Å². The zero-order valence-corrected chi connectivity index (χ0v) is 16.1. The molecule has 3 rings (SSSR count). The van der Waals surface area contributed by atoms with Gasteiger partial charge in [-0.15, -0.1) is 0 Å². The third-order valence-corrected chi connectivity index (χ3v) is 4.25. The molecule has 0 amide bonds. The number of rotatable bonds is 5. The van der Waals surface area contributed by atoms with Gasteiger partial charge in [0.15, 0.2) is 0 Å². The molecule has 0 aliphatic rings. The Balaban J connectivity index is 2.33. The van der Waals surface area contributed by atoms with Crippen molar-refractivity contribution in [1.82, 2.24) is 0 Å². The van der Waals surface area contributed by atoms with Crippen molar-refractivity contribution in [3.05, 3.63) is 76.1 Å². The van der Waals surface area contributed by atoms with Crippen LogP contribution >= 0.6 is 0 Å². The summed E-state index contributed by atoms with van der Waals surface area (Å²) in [5, 5.41) is 0.728. The SMILES string of the molecule is CC(=O)CC(c1ccccc1)c1c(OC(C)(C)C)c2ccccc2oc1=O. The van der Waals surface area contributed by atoms with E-state index >= 15 is 0 Å². The number of Topliss-reactive ketones (excluding diaryl/α,β-unsaturated/α-hetero) is 1. The fourth-order valence-electron chi connectivity index (χ4n) is 3.21. The number of carbonyl (C=O) groups excluding carboxylic acids is 1. The molecule has 0 aliphatic heterocycles. The molecule has 0 spiro atoms. The van der Waals surface area contributed by atoms with Crippen LogP contribution in [0.5, 0.6) is 5.75 Å². The van der Waals surface area contributed by atoms with E-state index in [0.29, 0.717) is 16.9 Å². The fourth-order valence-corrected chi connectivity index (χ4v) is 3.21. The van der Waals surface area contributed by atoms with Gasteiger partial charge in [-0.25, -0.2) is 4.79 Å². The van der Waals surface area contributed by atoms with E-state index in [1.54, 1.807) is 6.07 Å². The second-order valence-electron chi connectivity index (χ2n) is 7.71. The largest absolute Gasteiger partial charge is 0.487 e. The predicted molar refractivity (Wildman–Crippen MR) is 106 cm³/mol. The van der Waals surface area contributed by atoms with E-state index in [1.807, 2.05) is 69.3 Å². The van der Waals surface area contributed by atoms with Crippen LogP contribution in [0.1, 0.15) is 51.2 Å². The van der Waals surface area contributed by atoms with Crippen LogP contribution in [-0.2, 0) is 4.79 Å². The van der Waals surface area contributed by atoms with Crippen LogP contribution in [0.2, 0.25) is 0 Å². The zero-order valence-electron chi connectivity index (χ0n) is 16.1. The highest BCUT2D eigenvalue weighted by Gasteiger charge is 2.29. The van der Waals surface area contributed by atoms with Crippen LogP contribution in [0.3, 0.4) is 0 Å². The van der Waals surface area contributed by atoms with Gasteiger partial charge in [-0.3, -0.25) is 4.79 Å². The topological polar surface area (TPSA) is 56.5 Å². The van der Waals surface area contributed by atoms with E-state index in [2.05, 4.69) is 0 Å². The Labute approximate surface area is 158 Å². The van der Waals surface area contributed by atoms with Crippen molar-refractivity contribution in [3.63, 3.8) is 0 Å². The molecule has 1 aromatic heterocycles. The van der Waals surface area contributed by atoms with Gasteiger partial charge < -0.3 is 9.15 Å². The first-order valence-electron chi connectivity index (χ1n) is 9.05. The third kappa shape index (κ3) is 4.27. The smallest absolute Gasteiger partial charge is 0.343 e. The maximum Gasteiger partial charge on any atom is 0.343 e. The van der Waals surface area contributed by atoms with Crippen molar-refractivity contribution >= 4 is 16.8 Å². The van der Waals surface area contributed by atoms with Crippen LogP contribution in [0.15, 0.2) is 63.8 Å². The van der Waals surface area contributed by atoms with Crippen molar-refractivity contribution in [2.45, 2.75) is 45.6 Å². The molecule has 0 radical (unpaired) electrons. The average Bonchev–Trinajstić information content (AvgIpc) is 2.60. The maximum absolute atomic E-state index is 13.0. The number of carbonyl (C=O) groups is 1. The summed E-state index contributed by atoms with van der Waals surface area (Å²) in [7, 11) is 0. The molecule has 1 heterocycles.